The van der Waals surface area contributed by atoms with Gasteiger partial charge < -0.3 is 0 Å². The maximum Gasteiger partial charge on any atom is 0.106 e. The molecule has 0 unspecified atom stereocenters. The second kappa shape index (κ2) is 7.76. The van der Waals surface area contributed by atoms with Crippen molar-refractivity contribution >= 4 is 33.6 Å². The summed E-state index contributed by atoms with van der Waals surface area (Å²) >= 11 is 3.88. The van der Waals surface area contributed by atoms with Gasteiger partial charge in [-0.2, -0.15) is 0 Å². The molecule has 0 bridgehead atoms. The van der Waals surface area contributed by atoms with Crippen LogP contribution < -0.4 is 10.6 Å². The molecule has 0 atom stereocenters. The first-order valence-electron chi connectivity index (χ1n) is 9.89. The molecule has 2 rings (SSSR count). The van der Waals surface area contributed by atoms with E-state index in [9.17, 15) is 0 Å². The van der Waals surface area contributed by atoms with E-state index in [4.69, 9.17) is 9.98 Å². The van der Waals surface area contributed by atoms with Crippen molar-refractivity contribution in [1.82, 2.24) is 10.6 Å². The number of aliphatic imine (C=N–C) groups is 2. The first-order chi connectivity index (χ1) is 11.8. The first-order valence-corrected chi connectivity index (χ1v) is 11.6. The van der Waals surface area contributed by atoms with Crippen LogP contribution in [0.1, 0.15) is 88.0 Å². The maximum atomic E-state index is 4.98. The quantitative estimate of drug-likeness (QED) is 0.465. The normalized spacial score (nSPS) is 25.5. The Hall–Kier alpha value is -0.0400. The Kier molecular flexibility index (Phi) is 6.64. The van der Waals surface area contributed by atoms with E-state index in [1.165, 1.54) is 35.8 Å². The molecule has 0 spiro atoms. The zero-order chi connectivity index (χ0) is 19.8. The molecule has 0 aliphatic carbocycles. The van der Waals surface area contributed by atoms with Gasteiger partial charge in [0.05, 0.1) is 25.7 Å². The van der Waals surface area contributed by atoms with Crippen LogP contribution in [0.5, 0.6) is 0 Å². The highest BCUT2D eigenvalue weighted by Gasteiger charge is 2.43. The topological polar surface area (TPSA) is 48.8 Å². The van der Waals surface area contributed by atoms with Crippen molar-refractivity contribution in [3.8, 4) is 0 Å². The van der Waals surface area contributed by atoms with Crippen LogP contribution in [-0.2, 0) is 0 Å². The van der Waals surface area contributed by atoms with E-state index in [1.807, 2.05) is 23.5 Å². The Morgan fingerprint density at radius 1 is 0.769 bits per heavy atom. The standard InChI is InChI=1S/C20H38N4S2/c1-10-11-12-13-14(25-15-17(2,3)23-19(6,7)21-15)26-16-18(4,5)24-20(8,9)22-16/h14,23-24H,10-13H2,1-9H3. The molecule has 0 radical (unpaired) electrons. The smallest absolute Gasteiger partial charge is 0.106 e. The lowest BCUT2D eigenvalue weighted by atomic mass is 10.1. The molecule has 26 heavy (non-hydrogen) atoms. The molecule has 2 aliphatic heterocycles. The van der Waals surface area contributed by atoms with Crippen LogP contribution in [0, 0.1) is 0 Å². The monoisotopic (exact) mass is 398 g/mol. The van der Waals surface area contributed by atoms with E-state index in [2.05, 4.69) is 72.9 Å². The molecule has 0 aromatic rings. The highest BCUT2D eigenvalue weighted by molar-refractivity contribution is 8.30. The van der Waals surface area contributed by atoms with Gasteiger partial charge in [-0.15, -0.1) is 0 Å². The van der Waals surface area contributed by atoms with Crippen LogP contribution in [0.25, 0.3) is 0 Å². The molecule has 4 nitrogen and oxygen atoms in total. The highest BCUT2D eigenvalue weighted by atomic mass is 32.2. The second-order valence-corrected chi connectivity index (χ2v) is 12.3. The summed E-state index contributed by atoms with van der Waals surface area (Å²) < 4.78 is 0.448. The van der Waals surface area contributed by atoms with E-state index in [-0.39, 0.29) is 22.4 Å². The van der Waals surface area contributed by atoms with Crippen molar-refractivity contribution in [2.75, 3.05) is 0 Å². The van der Waals surface area contributed by atoms with Gasteiger partial charge >= 0.3 is 0 Å². The lowest BCUT2D eigenvalue weighted by Crippen LogP contribution is -2.48. The average molecular weight is 399 g/mol. The minimum Gasteiger partial charge on any atom is -0.283 e. The van der Waals surface area contributed by atoms with Gasteiger partial charge in [0.15, 0.2) is 0 Å². The van der Waals surface area contributed by atoms with Crippen LogP contribution in [-0.4, -0.2) is 37.1 Å². The van der Waals surface area contributed by atoms with Crippen LogP contribution in [0.4, 0.5) is 0 Å². The van der Waals surface area contributed by atoms with Gasteiger partial charge in [-0.3, -0.25) is 20.6 Å². The van der Waals surface area contributed by atoms with Crippen molar-refractivity contribution in [2.24, 2.45) is 9.98 Å². The van der Waals surface area contributed by atoms with Gasteiger partial charge in [0.2, 0.25) is 0 Å². The van der Waals surface area contributed by atoms with Gasteiger partial charge in [-0.1, -0.05) is 49.7 Å². The largest absolute Gasteiger partial charge is 0.283 e. The molecule has 0 saturated carbocycles. The zero-order valence-corrected chi connectivity index (χ0v) is 19.7. The number of hydrogen-bond acceptors (Lipinski definition) is 6. The van der Waals surface area contributed by atoms with Crippen molar-refractivity contribution < 1.29 is 0 Å². The summed E-state index contributed by atoms with van der Waals surface area (Å²) in [6.45, 7) is 19.8. The predicted octanol–water partition coefficient (Wildman–Crippen LogP) is 5.39. The SMILES string of the molecule is CCCCCC(SC1=NC(C)(C)NC1(C)C)SC1=NC(C)(C)NC1(C)C. The molecule has 150 valence electrons. The van der Waals surface area contributed by atoms with Crippen LogP contribution >= 0.6 is 23.5 Å². The van der Waals surface area contributed by atoms with Crippen molar-refractivity contribution in [3.63, 3.8) is 0 Å². The molecule has 2 aliphatic rings. The van der Waals surface area contributed by atoms with E-state index in [0.29, 0.717) is 4.58 Å². The molecule has 0 amide bonds. The fourth-order valence-electron chi connectivity index (χ4n) is 3.78. The fraction of sp³-hybridized carbons (Fsp3) is 0.900. The van der Waals surface area contributed by atoms with E-state index in [1.54, 1.807) is 0 Å². The second-order valence-electron chi connectivity index (χ2n) is 9.61. The summed E-state index contributed by atoms with van der Waals surface area (Å²) in [4.78, 5) is 9.96. The number of rotatable bonds is 6. The number of unbranched alkanes of at least 4 members (excludes halogenated alkanes) is 2. The third-order valence-electron chi connectivity index (χ3n) is 4.60. The lowest BCUT2D eigenvalue weighted by Gasteiger charge is -2.28. The number of hydrogen-bond donors (Lipinski definition) is 2. The molecule has 0 aromatic carbocycles. The Morgan fingerprint density at radius 2 is 1.19 bits per heavy atom. The summed E-state index contributed by atoms with van der Waals surface area (Å²) in [7, 11) is 0. The van der Waals surface area contributed by atoms with Gasteiger partial charge in [0.25, 0.3) is 0 Å². The van der Waals surface area contributed by atoms with Crippen molar-refractivity contribution in [2.45, 2.75) is 115 Å². The third kappa shape index (κ3) is 5.73. The molecule has 0 saturated heterocycles. The molecule has 2 heterocycles. The van der Waals surface area contributed by atoms with Gasteiger partial charge in [-0.05, 0) is 61.8 Å². The van der Waals surface area contributed by atoms with Gasteiger partial charge in [-0.25, -0.2) is 0 Å². The molecular formula is C20H38N4S2. The Morgan fingerprint density at radius 3 is 1.50 bits per heavy atom. The minimum absolute atomic E-state index is 0.0672. The van der Waals surface area contributed by atoms with E-state index in [0.717, 1.165) is 0 Å². The Balaban J connectivity index is 2.17. The molecule has 6 heteroatoms. The Labute approximate surface area is 169 Å². The predicted molar refractivity (Wildman–Crippen MR) is 121 cm³/mol. The molecule has 0 aromatic heterocycles. The highest BCUT2D eigenvalue weighted by Crippen LogP contribution is 2.41. The lowest BCUT2D eigenvalue weighted by molar-refractivity contribution is 0.371. The fourth-order valence-corrected chi connectivity index (χ4v) is 6.84. The molecule has 0 fully saturated rings. The first kappa shape index (κ1) is 22.3. The number of nitrogens with zero attached hydrogens (tertiary/aromatic N) is 2. The van der Waals surface area contributed by atoms with Crippen LogP contribution in [0.2, 0.25) is 0 Å². The van der Waals surface area contributed by atoms with Crippen molar-refractivity contribution in [1.29, 1.82) is 0 Å². The van der Waals surface area contributed by atoms with Gasteiger partial charge in [0.1, 0.15) is 11.3 Å². The number of nitrogens with one attached hydrogen (secondary N) is 2. The number of thioether (sulfide) groups is 2. The Bertz CT molecular complexity index is 530. The summed E-state index contributed by atoms with van der Waals surface area (Å²) in [6, 6.07) is 0. The summed E-state index contributed by atoms with van der Waals surface area (Å²) in [5, 5.41) is 9.72. The summed E-state index contributed by atoms with van der Waals surface area (Å²) in [6.07, 6.45) is 4.99. The summed E-state index contributed by atoms with van der Waals surface area (Å²) in [5.41, 5.74) is -0.499. The zero-order valence-electron chi connectivity index (χ0n) is 18.1. The van der Waals surface area contributed by atoms with Gasteiger partial charge in [0, 0.05) is 0 Å². The molecule has 2 N–H and O–H groups in total. The van der Waals surface area contributed by atoms with Crippen LogP contribution in [0.15, 0.2) is 9.98 Å². The maximum absolute atomic E-state index is 4.98. The van der Waals surface area contributed by atoms with Crippen LogP contribution in [0.3, 0.4) is 0 Å². The summed E-state index contributed by atoms with van der Waals surface area (Å²) in [5.74, 6) is 0. The van der Waals surface area contributed by atoms with E-state index >= 15 is 0 Å². The van der Waals surface area contributed by atoms with E-state index < -0.39 is 0 Å². The van der Waals surface area contributed by atoms with Crippen molar-refractivity contribution in [3.05, 3.63) is 0 Å². The third-order valence-corrected chi connectivity index (χ3v) is 7.82. The minimum atomic E-state index is -0.182. The molecular weight excluding hydrogens is 360 g/mol. The average Bonchev–Trinajstić information content (AvgIpc) is 2.76.